The van der Waals surface area contributed by atoms with E-state index in [1.54, 1.807) is 0 Å². The number of halogens is 1. The monoisotopic (exact) mass is 393 g/mol. The van der Waals surface area contributed by atoms with E-state index >= 15 is 0 Å². The molecule has 3 heteroatoms. The molecule has 1 atom stereocenters. The highest BCUT2D eigenvalue weighted by Gasteiger charge is 2.27. The van der Waals surface area contributed by atoms with Crippen molar-refractivity contribution in [2.75, 3.05) is 11.4 Å². The third-order valence-corrected chi connectivity index (χ3v) is 5.75. The lowest BCUT2D eigenvalue weighted by molar-refractivity contribution is -0.122. The molecular weight excluding hydrogens is 362 g/mol. The third kappa shape index (κ3) is 4.84. The van der Waals surface area contributed by atoms with Crippen molar-refractivity contribution >= 4 is 27.5 Å². The van der Waals surface area contributed by atoms with Crippen LogP contribution in [0.2, 0.25) is 0 Å². The van der Waals surface area contributed by atoms with Gasteiger partial charge in [0.25, 0.3) is 0 Å². The van der Waals surface area contributed by atoms with Crippen molar-refractivity contribution in [3.05, 3.63) is 29.3 Å². The highest BCUT2D eigenvalue weighted by molar-refractivity contribution is 9.09. The molecule has 0 bridgehead atoms. The summed E-state index contributed by atoms with van der Waals surface area (Å²) >= 11 is 3.82. The largest absolute Gasteiger partial charge is 0.312 e. The van der Waals surface area contributed by atoms with Gasteiger partial charge in [0.05, 0.1) is 0 Å². The zero-order chi connectivity index (χ0) is 17.7. The van der Waals surface area contributed by atoms with Crippen molar-refractivity contribution < 1.29 is 4.79 Å². The Morgan fingerprint density at radius 2 is 1.96 bits per heavy atom. The summed E-state index contributed by atoms with van der Waals surface area (Å²) in [5.41, 5.74) is 3.88. The van der Waals surface area contributed by atoms with Crippen molar-refractivity contribution in [3.63, 3.8) is 0 Å². The maximum absolute atomic E-state index is 12.8. The van der Waals surface area contributed by atoms with Gasteiger partial charge in [-0.1, -0.05) is 55.8 Å². The van der Waals surface area contributed by atoms with Gasteiger partial charge >= 0.3 is 0 Å². The predicted molar refractivity (Wildman–Crippen MR) is 107 cm³/mol. The van der Waals surface area contributed by atoms with Gasteiger partial charge in [-0.2, -0.15) is 0 Å². The molecule has 24 heavy (non-hydrogen) atoms. The molecule has 0 saturated carbocycles. The number of fused-ring (bicyclic) bond motifs is 1. The molecule has 0 fully saturated rings. The Bertz CT molecular complexity index is 551. The molecular formula is C21H32BrNO. The van der Waals surface area contributed by atoms with Crippen molar-refractivity contribution in [3.8, 4) is 0 Å². The van der Waals surface area contributed by atoms with Crippen molar-refractivity contribution in [2.45, 2.75) is 71.0 Å². The minimum absolute atomic E-state index is 0.161. The second-order valence-electron chi connectivity index (χ2n) is 7.50. The van der Waals surface area contributed by atoms with Gasteiger partial charge < -0.3 is 4.90 Å². The van der Waals surface area contributed by atoms with Gasteiger partial charge in [0.15, 0.2) is 0 Å². The first kappa shape index (κ1) is 19.5. The molecule has 1 heterocycles. The number of rotatable bonds is 7. The lowest BCUT2D eigenvalue weighted by Crippen LogP contribution is -2.39. The number of hydrogen-bond acceptors (Lipinski definition) is 1. The number of benzene rings is 1. The summed E-state index contributed by atoms with van der Waals surface area (Å²) in [7, 11) is 0. The molecule has 2 rings (SSSR count). The lowest BCUT2D eigenvalue weighted by atomic mass is 9.94. The number of aryl methyl sites for hydroxylation is 1. The maximum Gasteiger partial charge on any atom is 0.230 e. The summed E-state index contributed by atoms with van der Waals surface area (Å²) in [6.07, 6.45) is 6.28. The highest BCUT2D eigenvalue weighted by atomic mass is 79.9. The van der Waals surface area contributed by atoms with Crippen LogP contribution in [-0.2, 0) is 17.6 Å². The van der Waals surface area contributed by atoms with Crippen LogP contribution in [0.5, 0.6) is 0 Å². The number of amides is 1. The fraction of sp³-hybridized carbons (Fsp3) is 0.667. The summed E-state index contributed by atoms with van der Waals surface area (Å²) < 4.78 is 0. The Balaban J connectivity index is 2.16. The van der Waals surface area contributed by atoms with Gasteiger partial charge in [-0.05, 0) is 61.6 Å². The molecule has 0 saturated heterocycles. The van der Waals surface area contributed by atoms with E-state index in [2.05, 4.69) is 61.8 Å². The van der Waals surface area contributed by atoms with Crippen LogP contribution in [0, 0.1) is 11.8 Å². The number of alkyl halides is 1. The summed E-state index contributed by atoms with van der Waals surface area (Å²) in [5, 5.41) is 0. The molecule has 0 aromatic heterocycles. The number of carbonyl (C=O) groups is 1. The first-order chi connectivity index (χ1) is 11.5. The van der Waals surface area contributed by atoms with Crippen LogP contribution in [0.25, 0.3) is 0 Å². The summed E-state index contributed by atoms with van der Waals surface area (Å²) in [4.78, 5) is 15.4. The van der Waals surface area contributed by atoms with E-state index in [0.717, 1.165) is 44.3 Å². The van der Waals surface area contributed by atoms with Crippen molar-refractivity contribution in [2.24, 2.45) is 11.8 Å². The first-order valence-electron chi connectivity index (χ1n) is 9.53. The molecule has 2 nitrogen and oxygen atoms in total. The second-order valence-corrected chi connectivity index (χ2v) is 8.80. The molecule has 1 aromatic rings. The van der Waals surface area contributed by atoms with Crippen molar-refractivity contribution in [1.82, 2.24) is 0 Å². The fourth-order valence-corrected chi connectivity index (χ4v) is 4.84. The van der Waals surface area contributed by atoms with Gasteiger partial charge in [-0.25, -0.2) is 0 Å². The van der Waals surface area contributed by atoms with E-state index in [4.69, 9.17) is 0 Å². The Morgan fingerprint density at radius 3 is 2.58 bits per heavy atom. The van der Waals surface area contributed by atoms with Gasteiger partial charge in [-0.15, -0.1) is 0 Å². The van der Waals surface area contributed by atoms with Crippen LogP contribution in [0.1, 0.15) is 64.5 Å². The molecule has 1 unspecified atom stereocenters. The van der Waals surface area contributed by atoms with Crippen LogP contribution in [-0.4, -0.2) is 17.3 Å². The Morgan fingerprint density at radius 1 is 1.25 bits per heavy atom. The molecule has 1 amide bonds. The van der Waals surface area contributed by atoms with E-state index in [0.29, 0.717) is 16.7 Å². The average Bonchev–Trinajstić information content (AvgIpc) is 2.54. The topological polar surface area (TPSA) is 20.3 Å². The van der Waals surface area contributed by atoms with Crippen LogP contribution < -0.4 is 4.90 Å². The fourth-order valence-electron chi connectivity index (χ4n) is 3.72. The lowest BCUT2D eigenvalue weighted by Gasteiger charge is -2.32. The molecule has 0 aliphatic carbocycles. The zero-order valence-electron chi connectivity index (χ0n) is 15.6. The third-order valence-electron chi connectivity index (χ3n) is 5.05. The summed E-state index contributed by atoms with van der Waals surface area (Å²) in [5.74, 6) is 1.18. The molecule has 134 valence electrons. The van der Waals surface area contributed by atoms with E-state index in [1.165, 1.54) is 17.5 Å². The van der Waals surface area contributed by atoms with Gasteiger partial charge in [0.1, 0.15) is 0 Å². The average molecular weight is 394 g/mol. The molecule has 0 radical (unpaired) electrons. The smallest absolute Gasteiger partial charge is 0.230 e. The van der Waals surface area contributed by atoms with Crippen molar-refractivity contribution in [1.29, 1.82) is 0 Å². The van der Waals surface area contributed by atoms with Crippen LogP contribution in [0.3, 0.4) is 0 Å². The molecule has 1 aromatic carbocycles. The Kier molecular flexibility index (Phi) is 7.34. The quantitative estimate of drug-likeness (QED) is 0.539. The molecule has 0 N–H and O–H groups in total. The van der Waals surface area contributed by atoms with Crippen LogP contribution in [0.15, 0.2) is 18.2 Å². The van der Waals surface area contributed by atoms with Crippen LogP contribution in [0.4, 0.5) is 5.69 Å². The summed E-state index contributed by atoms with van der Waals surface area (Å²) in [6, 6.07) is 6.72. The maximum atomic E-state index is 12.8. The minimum atomic E-state index is 0.161. The minimum Gasteiger partial charge on any atom is -0.312 e. The SMILES string of the molecule is CCC(CC)C(=O)N1CCCc2cc(CC(Br)CC(C)C)ccc21. The normalized spacial score (nSPS) is 15.7. The van der Waals surface area contributed by atoms with Gasteiger partial charge in [0.2, 0.25) is 5.91 Å². The highest BCUT2D eigenvalue weighted by Crippen LogP contribution is 2.31. The molecule has 1 aliphatic heterocycles. The van der Waals surface area contributed by atoms with Crippen LogP contribution >= 0.6 is 15.9 Å². The number of nitrogens with zero attached hydrogens (tertiary/aromatic N) is 1. The predicted octanol–water partition coefficient (Wildman–Crippen LogP) is 5.75. The Hall–Kier alpha value is -0.830. The van der Waals surface area contributed by atoms with Gasteiger partial charge in [0, 0.05) is 23.0 Å². The van der Waals surface area contributed by atoms with E-state index in [-0.39, 0.29) is 5.92 Å². The second kappa shape index (κ2) is 9.03. The zero-order valence-corrected chi connectivity index (χ0v) is 17.2. The molecule has 0 spiro atoms. The van der Waals surface area contributed by atoms with E-state index < -0.39 is 0 Å². The number of carbonyl (C=O) groups excluding carboxylic acids is 1. The van der Waals surface area contributed by atoms with E-state index in [1.807, 2.05) is 4.90 Å². The molecule has 1 aliphatic rings. The number of hydrogen-bond donors (Lipinski definition) is 0. The van der Waals surface area contributed by atoms with Gasteiger partial charge in [-0.3, -0.25) is 4.79 Å². The van der Waals surface area contributed by atoms with E-state index in [9.17, 15) is 4.79 Å². The summed E-state index contributed by atoms with van der Waals surface area (Å²) in [6.45, 7) is 9.64. The first-order valence-corrected chi connectivity index (χ1v) is 10.4. The number of anilines is 1. The Labute approximate surface area is 156 Å². The standard InChI is InChI=1S/C21H32BrNO/c1-5-17(6-2)21(24)23-11-7-8-18-13-16(9-10-20(18)23)14-19(22)12-15(3)4/h9-10,13,15,17,19H,5-8,11-12,14H2,1-4H3.